The van der Waals surface area contributed by atoms with Crippen LogP contribution in [0.3, 0.4) is 0 Å². The zero-order valence-corrected chi connectivity index (χ0v) is 23.8. The quantitative estimate of drug-likeness (QED) is 0.295. The molecule has 1 aliphatic rings. The van der Waals surface area contributed by atoms with Gasteiger partial charge in [0.1, 0.15) is 5.75 Å². The van der Waals surface area contributed by atoms with Crippen LogP contribution in [0.25, 0.3) is 11.8 Å². The summed E-state index contributed by atoms with van der Waals surface area (Å²) in [6.07, 6.45) is 3.79. The maximum Gasteiger partial charge on any atom is 0.271 e. The van der Waals surface area contributed by atoms with Crippen molar-refractivity contribution < 1.29 is 9.53 Å². The van der Waals surface area contributed by atoms with E-state index in [0.29, 0.717) is 37.1 Å². The van der Waals surface area contributed by atoms with Gasteiger partial charge >= 0.3 is 0 Å². The van der Waals surface area contributed by atoms with E-state index in [9.17, 15) is 9.59 Å². The molecule has 0 saturated carbocycles. The summed E-state index contributed by atoms with van der Waals surface area (Å²) in [6, 6.07) is 27.3. The van der Waals surface area contributed by atoms with Crippen molar-refractivity contribution in [2.75, 3.05) is 12.4 Å². The van der Waals surface area contributed by atoms with E-state index < -0.39 is 6.04 Å². The number of halogens is 1. The molecule has 0 saturated heterocycles. The van der Waals surface area contributed by atoms with Gasteiger partial charge in [-0.2, -0.15) is 0 Å². The lowest BCUT2D eigenvalue weighted by atomic mass is 9.95. The Labute approximate surface area is 245 Å². The number of hydrogen-bond donors (Lipinski definition) is 1. The molecule has 5 aromatic rings. The Morgan fingerprint density at radius 2 is 1.73 bits per heavy atom. The molecule has 0 unspecified atom stereocenters. The number of para-hydroxylation sites is 1. The minimum atomic E-state index is -0.675. The first-order valence-electron chi connectivity index (χ1n) is 12.9. The standard InChI is InChI=1S/C32H25ClN4O3S/c1-20-28(30(38)35-23-7-4-3-5-8-23)29(21-10-16-26(40-2)17-11-21)37-31(39)27(41-32(37)34-20)19-25-9-6-18-36(25)24-14-12-22(33)13-15-24/h3-19,29H,1-2H3,(H,35,38)/t29-/m1/s1. The van der Waals surface area contributed by atoms with E-state index in [0.717, 1.165) is 16.9 Å². The molecule has 7 nitrogen and oxygen atoms in total. The lowest BCUT2D eigenvalue weighted by Gasteiger charge is -2.25. The van der Waals surface area contributed by atoms with Crippen LogP contribution in [0.4, 0.5) is 5.69 Å². The van der Waals surface area contributed by atoms with E-state index >= 15 is 0 Å². The third-order valence-corrected chi connectivity index (χ3v) is 8.13. The Kier molecular flexibility index (Phi) is 7.17. The Bertz CT molecular complexity index is 1950. The molecule has 1 aliphatic heterocycles. The minimum Gasteiger partial charge on any atom is -0.497 e. The summed E-state index contributed by atoms with van der Waals surface area (Å²) >= 11 is 7.38. The Morgan fingerprint density at radius 1 is 1.00 bits per heavy atom. The van der Waals surface area contributed by atoms with Crippen LogP contribution in [0.2, 0.25) is 5.02 Å². The zero-order valence-electron chi connectivity index (χ0n) is 22.2. The average Bonchev–Trinajstić information content (AvgIpc) is 3.57. The number of methoxy groups -OCH3 is 1. The van der Waals surface area contributed by atoms with Crippen LogP contribution in [-0.4, -0.2) is 22.2 Å². The van der Waals surface area contributed by atoms with Gasteiger partial charge in [-0.3, -0.25) is 14.2 Å². The molecule has 3 aromatic carbocycles. The molecule has 1 atom stereocenters. The fourth-order valence-corrected chi connectivity index (χ4v) is 6.07. The normalized spacial score (nSPS) is 14.9. The number of anilines is 1. The van der Waals surface area contributed by atoms with Crippen molar-refractivity contribution >= 4 is 40.6 Å². The summed E-state index contributed by atoms with van der Waals surface area (Å²) in [5, 5.41) is 3.62. The predicted octanol–water partition coefficient (Wildman–Crippen LogP) is 5.33. The molecule has 204 valence electrons. The topological polar surface area (TPSA) is 77.6 Å². The maximum atomic E-state index is 14.0. The van der Waals surface area contributed by atoms with Crippen LogP contribution >= 0.6 is 22.9 Å². The van der Waals surface area contributed by atoms with Crippen LogP contribution in [-0.2, 0) is 4.79 Å². The number of nitrogens with zero attached hydrogens (tertiary/aromatic N) is 3. The molecule has 0 fully saturated rings. The van der Waals surface area contributed by atoms with Gasteiger partial charge in [-0.25, -0.2) is 4.99 Å². The van der Waals surface area contributed by atoms with Gasteiger partial charge in [-0.05, 0) is 79.2 Å². The summed E-state index contributed by atoms with van der Waals surface area (Å²) in [7, 11) is 1.60. The molecule has 41 heavy (non-hydrogen) atoms. The number of fused-ring (bicyclic) bond motifs is 1. The first-order chi connectivity index (χ1) is 19.9. The SMILES string of the molecule is COc1ccc([C@@H]2C(C(=O)Nc3ccccc3)=C(C)N=c3sc(=Cc4cccn4-c4ccc(Cl)cc4)c(=O)n32)cc1. The largest absolute Gasteiger partial charge is 0.497 e. The average molecular weight is 581 g/mol. The second-order valence-corrected chi connectivity index (χ2v) is 10.9. The van der Waals surface area contributed by atoms with Crippen molar-refractivity contribution in [2.45, 2.75) is 13.0 Å². The Morgan fingerprint density at radius 3 is 2.44 bits per heavy atom. The number of ether oxygens (including phenoxy) is 1. The molecule has 1 amide bonds. The fraction of sp³-hybridized carbons (Fsp3) is 0.0938. The van der Waals surface area contributed by atoms with E-state index in [1.807, 2.05) is 108 Å². The molecule has 6 rings (SSSR count). The van der Waals surface area contributed by atoms with Crippen molar-refractivity contribution in [3.05, 3.63) is 144 Å². The Balaban J connectivity index is 1.49. The van der Waals surface area contributed by atoms with Gasteiger partial charge in [0.25, 0.3) is 11.5 Å². The third kappa shape index (κ3) is 5.15. The highest BCUT2D eigenvalue weighted by Crippen LogP contribution is 2.31. The maximum absolute atomic E-state index is 14.0. The number of thiazole rings is 1. The summed E-state index contributed by atoms with van der Waals surface area (Å²) in [6.45, 7) is 1.80. The van der Waals surface area contributed by atoms with Crippen molar-refractivity contribution in [2.24, 2.45) is 4.99 Å². The Hall–Kier alpha value is -4.66. The van der Waals surface area contributed by atoms with Crippen LogP contribution in [0.15, 0.2) is 118 Å². The van der Waals surface area contributed by atoms with Crippen molar-refractivity contribution in [1.82, 2.24) is 9.13 Å². The van der Waals surface area contributed by atoms with E-state index in [4.69, 9.17) is 21.3 Å². The second-order valence-electron chi connectivity index (χ2n) is 9.45. The van der Waals surface area contributed by atoms with Gasteiger partial charge in [0.05, 0.1) is 29.0 Å². The second kappa shape index (κ2) is 11.1. The molecule has 2 aromatic heterocycles. The number of hydrogen-bond acceptors (Lipinski definition) is 5. The van der Waals surface area contributed by atoms with Crippen LogP contribution < -0.4 is 24.9 Å². The minimum absolute atomic E-state index is 0.226. The number of rotatable bonds is 6. The molecular weight excluding hydrogens is 556 g/mol. The lowest BCUT2D eigenvalue weighted by Crippen LogP contribution is -2.40. The van der Waals surface area contributed by atoms with E-state index in [-0.39, 0.29) is 11.5 Å². The lowest BCUT2D eigenvalue weighted by molar-refractivity contribution is -0.113. The van der Waals surface area contributed by atoms with E-state index in [1.54, 1.807) is 18.6 Å². The van der Waals surface area contributed by atoms with Gasteiger partial charge in [-0.1, -0.05) is 53.3 Å². The van der Waals surface area contributed by atoms with E-state index in [1.165, 1.54) is 11.3 Å². The molecule has 9 heteroatoms. The number of carbonyl (C=O) groups excluding carboxylic acids is 1. The molecule has 1 N–H and O–H groups in total. The number of carbonyl (C=O) groups is 1. The number of nitrogens with one attached hydrogen (secondary N) is 1. The van der Waals surface area contributed by atoms with Gasteiger partial charge in [-0.15, -0.1) is 0 Å². The highest BCUT2D eigenvalue weighted by molar-refractivity contribution is 7.07. The molecule has 0 aliphatic carbocycles. The highest BCUT2D eigenvalue weighted by Gasteiger charge is 2.32. The first kappa shape index (κ1) is 26.6. The van der Waals surface area contributed by atoms with Crippen molar-refractivity contribution in [1.29, 1.82) is 0 Å². The van der Waals surface area contributed by atoms with Crippen LogP contribution in [0.5, 0.6) is 5.75 Å². The summed E-state index contributed by atoms with van der Waals surface area (Å²) in [5.74, 6) is 0.365. The zero-order chi connectivity index (χ0) is 28.5. The van der Waals surface area contributed by atoms with Crippen LogP contribution in [0, 0.1) is 0 Å². The smallest absolute Gasteiger partial charge is 0.271 e. The first-order valence-corrected chi connectivity index (χ1v) is 14.1. The molecule has 3 heterocycles. The van der Waals surface area contributed by atoms with Crippen molar-refractivity contribution in [3.63, 3.8) is 0 Å². The van der Waals surface area contributed by atoms with Gasteiger partial charge < -0.3 is 14.6 Å². The molecule has 0 radical (unpaired) electrons. The van der Waals surface area contributed by atoms with E-state index in [2.05, 4.69) is 5.32 Å². The molecule has 0 bridgehead atoms. The number of aromatic nitrogens is 2. The van der Waals surface area contributed by atoms with Crippen LogP contribution in [0.1, 0.15) is 24.2 Å². The monoisotopic (exact) mass is 580 g/mol. The van der Waals surface area contributed by atoms with Crippen molar-refractivity contribution in [3.8, 4) is 11.4 Å². The van der Waals surface area contributed by atoms with Gasteiger partial charge in [0.15, 0.2) is 4.80 Å². The molecule has 0 spiro atoms. The van der Waals surface area contributed by atoms with Gasteiger partial charge in [0, 0.05) is 28.3 Å². The number of allylic oxidation sites excluding steroid dienone is 1. The number of benzene rings is 3. The predicted molar refractivity (Wildman–Crippen MR) is 163 cm³/mol. The summed E-state index contributed by atoms with van der Waals surface area (Å²) < 4.78 is 9.46. The molecular formula is C32H25ClN4O3S. The summed E-state index contributed by atoms with van der Waals surface area (Å²) in [4.78, 5) is 33.0. The highest BCUT2D eigenvalue weighted by atomic mass is 35.5. The third-order valence-electron chi connectivity index (χ3n) is 6.89. The van der Waals surface area contributed by atoms with Gasteiger partial charge in [0.2, 0.25) is 0 Å². The summed E-state index contributed by atoms with van der Waals surface area (Å²) in [5.41, 5.74) is 3.92. The fourth-order valence-electron chi connectivity index (χ4n) is 4.92. The number of amides is 1.